The number of benzene rings is 3. The normalized spacial score (nSPS) is 10.4. The number of nitrogens with one attached hydrogen (secondary N) is 1. The zero-order valence-electron chi connectivity index (χ0n) is 13.6. The predicted octanol–water partition coefficient (Wildman–Crippen LogP) is 5.56. The predicted molar refractivity (Wildman–Crippen MR) is 105 cm³/mol. The standard InChI is InChI=1S/C21H18ClNOS/c22-19-10-12-20(13-11-19)25-15-17-6-8-18(9-7-17)21(24)23-14-16-4-2-1-3-5-16/h1-13H,14-15H2,(H,23,24). The van der Waals surface area contributed by atoms with Crippen molar-refractivity contribution in [2.45, 2.75) is 17.2 Å². The van der Waals surface area contributed by atoms with Gasteiger partial charge < -0.3 is 5.32 Å². The van der Waals surface area contributed by atoms with Crippen molar-refractivity contribution in [1.29, 1.82) is 0 Å². The molecule has 3 aromatic rings. The van der Waals surface area contributed by atoms with Crippen LogP contribution in [0.15, 0.2) is 83.8 Å². The summed E-state index contributed by atoms with van der Waals surface area (Å²) in [5.41, 5.74) is 2.95. The number of thioether (sulfide) groups is 1. The van der Waals surface area contributed by atoms with Crippen LogP contribution in [0.25, 0.3) is 0 Å². The molecule has 0 aromatic heterocycles. The molecule has 25 heavy (non-hydrogen) atoms. The van der Waals surface area contributed by atoms with Crippen LogP contribution in [0.4, 0.5) is 0 Å². The molecule has 0 saturated heterocycles. The van der Waals surface area contributed by atoms with Gasteiger partial charge in [-0.2, -0.15) is 0 Å². The summed E-state index contributed by atoms with van der Waals surface area (Å²) in [5, 5.41) is 3.69. The van der Waals surface area contributed by atoms with E-state index in [0.29, 0.717) is 12.1 Å². The maximum absolute atomic E-state index is 12.2. The quantitative estimate of drug-likeness (QED) is 0.577. The SMILES string of the molecule is O=C(NCc1ccccc1)c1ccc(CSc2ccc(Cl)cc2)cc1. The van der Waals surface area contributed by atoms with Crippen LogP contribution in [0, 0.1) is 0 Å². The third-order valence-electron chi connectivity index (χ3n) is 3.73. The van der Waals surface area contributed by atoms with Crippen molar-refractivity contribution in [3.05, 3.63) is 101 Å². The highest BCUT2D eigenvalue weighted by atomic mass is 35.5. The topological polar surface area (TPSA) is 29.1 Å². The van der Waals surface area contributed by atoms with Gasteiger partial charge in [0, 0.05) is 27.8 Å². The second-order valence-electron chi connectivity index (χ2n) is 5.61. The van der Waals surface area contributed by atoms with Crippen LogP contribution < -0.4 is 5.32 Å². The second-order valence-corrected chi connectivity index (χ2v) is 7.09. The Kier molecular flexibility index (Phi) is 6.15. The number of carbonyl (C=O) groups excluding carboxylic acids is 1. The molecule has 0 bridgehead atoms. The lowest BCUT2D eigenvalue weighted by Crippen LogP contribution is -2.22. The van der Waals surface area contributed by atoms with Gasteiger partial charge in [-0.3, -0.25) is 4.79 Å². The van der Waals surface area contributed by atoms with Crippen LogP contribution in [0.2, 0.25) is 5.02 Å². The van der Waals surface area contributed by atoms with Gasteiger partial charge in [-0.05, 0) is 47.5 Å². The maximum atomic E-state index is 12.2. The molecule has 1 amide bonds. The molecule has 0 atom stereocenters. The zero-order valence-corrected chi connectivity index (χ0v) is 15.2. The first-order valence-corrected chi connectivity index (χ1v) is 9.36. The molecule has 0 fully saturated rings. The van der Waals surface area contributed by atoms with Crippen LogP contribution in [-0.4, -0.2) is 5.91 Å². The van der Waals surface area contributed by atoms with E-state index in [1.807, 2.05) is 78.9 Å². The minimum absolute atomic E-state index is 0.0549. The molecular formula is C21H18ClNOS. The van der Waals surface area contributed by atoms with E-state index in [2.05, 4.69) is 5.32 Å². The highest BCUT2D eigenvalue weighted by Gasteiger charge is 2.05. The minimum atomic E-state index is -0.0549. The molecular weight excluding hydrogens is 350 g/mol. The Balaban J connectivity index is 1.52. The summed E-state index contributed by atoms with van der Waals surface area (Å²) in [4.78, 5) is 13.4. The van der Waals surface area contributed by atoms with Gasteiger partial charge in [0.05, 0.1) is 0 Å². The molecule has 0 radical (unpaired) electrons. The summed E-state index contributed by atoms with van der Waals surface area (Å²) in [6, 6.07) is 25.5. The molecule has 0 heterocycles. The van der Waals surface area contributed by atoms with Crippen LogP contribution >= 0.6 is 23.4 Å². The molecule has 3 aromatic carbocycles. The van der Waals surface area contributed by atoms with E-state index >= 15 is 0 Å². The summed E-state index contributed by atoms with van der Waals surface area (Å²) < 4.78 is 0. The molecule has 0 aliphatic carbocycles. The average Bonchev–Trinajstić information content (AvgIpc) is 2.67. The molecule has 4 heteroatoms. The van der Waals surface area contributed by atoms with Crippen molar-refractivity contribution in [2.75, 3.05) is 0 Å². The van der Waals surface area contributed by atoms with Crippen molar-refractivity contribution in [2.24, 2.45) is 0 Å². The Labute approximate surface area is 157 Å². The lowest BCUT2D eigenvalue weighted by molar-refractivity contribution is 0.0951. The number of rotatable bonds is 6. The number of hydrogen-bond acceptors (Lipinski definition) is 2. The van der Waals surface area contributed by atoms with Gasteiger partial charge in [0.25, 0.3) is 5.91 Å². The molecule has 1 N–H and O–H groups in total. The fraction of sp³-hybridized carbons (Fsp3) is 0.0952. The lowest BCUT2D eigenvalue weighted by atomic mass is 10.1. The largest absolute Gasteiger partial charge is 0.348 e. The van der Waals surface area contributed by atoms with Crippen LogP contribution in [0.1, 0.15) is 21.5 Å². The number of halogens is 1. The van der Waals surface area contributed by atoms with Gasteiger partial charge in [-0.15, -0.1) is 11.8 Å². The number of amides is 1. The maximum Gasteiger partial charge on any atom is 0.251 e. The van der Waals surface area contributed by atoms with Gasteiger partial charge in [0.15, 0.2) is 0 Å². The third kappa shape index (κ3) is 5.38. The second kappa shape index (κ2) is 8.75. The van der Waals surface area contributed by atoms with E-state index in [0.717, 1.165) is 16.3 Å². The summed E-state index contributed by atoms with van der Waals surface area (Å²) in [7, 11) is 0. The highest BCUT2D eigenvalue weighted by Crippen LogP contribution is 2.24. The van der Waals surface area contributed by atoms with Crippen molar-refractivity contribution >= 4 is 29.3 Å². The highest BCUT2D eigenvalue weighted by molar-refractivity contribution is 7.98. The van der Waals surface area contributed by atoms with E-state index in [4.69, 9.17) is 11.6 Å². The van der Waals surface area contributed by atoms with E-state index in [9.17, 15) is 4.79 Å². The molecule has 0 saturated carbocycles. The monoisotopic (exact) mass is 367 g/mol. The summed E-state index contributed by atoms with van der Waals surface area (Å²) >= 11 is 7.64. The summed E-state index contributed by atoms with van der Waals surface area (Å²) in [6.07, 6.45) is 0. The lowest BCUT2D eigenvalue weighted by Gasteiger charge is -2.07. The Bertz CT molecular complexity index is 817. The minimum Gasteiger partial charge on any atom is -0.348 e. The van der Waals surface area contributed by atoms with E-state index in [1.165, 1.54) is 10.5 Å². The summed E-state index contributed by atoms with van der Waals surface area (Å²) in [5.74, 6) is 0.800. The number of carbonyl (C=O) groups is 1. The van der Waals surface area contributed by atoms with Crippen molar-refractivity contribution in [3.8, 4) is 0 Å². The molecule has 0 unspecified atom stereocenters. The first-order chi connectivity index (χ1) is 12.2. The Morgan fingerprint density at radius 3 is 2.20 bits per heavy atom. The Hall–Kier alpha value is -2.23. The Morgan fingerprint density at radius 2 is 1.52 bits per heavy atom. The van der Waals surface area contributed by atoms with Gasteiger partial charge in [-0.25, -0.2) is 0 Å². The van der Waals surface area contributed by atoms with Crippen molar-refractivity contribution in [1.82, 2.24) is 5.32 Å². The number of hydrogen-bond donors (Lipinski definition) is 1. The van der Waals surface area contributed by atoms with E-state index < -0.39 is 0 Å². The molecule has 3 rings (SSSR count). The van der Waals surface area contributed by atoms with Gasteiger partial charge >= 0.3 is 0 Å². The molecule has 0 aliphatic heterocycles. The summed E-state index contributed by atoms with van der Waals surface area (Å²) in [6.45, 7) is 0.536. The van der Waals surface area contributed by atoms with Crippen LogP contribution in [-0.2, 0) is 12.3 Å². The van der Waals surface area contributed by atoms with Gasteiger partial charge in [-0.1, -0.05) is 54.1 Å². The fourth-order valence-electron chi connectivity index (χ4n) is 2.33. The van der Waals surface area contributed by atoms with E-state index in [1.54, 1.807) is 11.8 Å². The van der Waals surface area contributed by atoms with Gasteiger partial charge in [0.2, 0.25) is 0 Å². The van der Waals surface area contributed by atoms with Crippen LogP contribution in [0.3, 0.4) is 0 Å². The third-order valence-corrected chi connectivity index (χ3v) is 5.07. The first-order valence-electron chi connectivity index (χ1n) is 8.00. The van der Waals surface area contributed by atoms with Gasteiger partial charge in [0.1, 0.15) is 0 Å². The fourth-order valence-corrected chi connectivity index (χ4v) is 3.31. The average molecular weight is 368 g/mol. The molecule has 126 valence electrons. The van der Waals surface area contributed by atoms with Crippen molar-refractivity contribution in [3.63, 3.8) is 0 Å². The Morgan fingerprint density at radius 1 is 0.840 bits per heavy atom. The molecule has 0 aliphatic rings. The van der Waals surface area contributed by atoms with E-state index in [-0.39, 0.29) is 5.91 Å². The smallest absolute Gasteiger partial charge is 0.251 e. The van der Waals surface area contributed by atoms with Crippen molar-refractivity contribution < 1.29 is 4.79 Å². The van der Waals surface area contributed by atoms with Crippen LogP contribution in [0.5, 0.6) is 0 Å². The molecule has 2 nitrogen and oxygen atoms in total. The first kappa shape index (κ1) is 17.6. The molecule has 0 spiro atoms. The zero-order chi connectivity index (χ0) is 17.5.